The van der Waals surface area contributed by atoms with Crippen LogP contribution in [0.5, 0.6) is 11.5 Å². The molecule has 0 amide bonds. The zero-order valence-electron chi connectivity index (χ0n) is 10.9. The number of phenolic OH excluding ortho intramolecular Hbond substituents is 1. The second-order valence-electron chi connectivity index (χ2n) is 4.40. The molecule has 0 radical (unpaired) electrons. The molecule has 0 bridgehead atoms. The molecular weight excluding hydrogens is 353 g/mol. The van der Waals surface area contributed by atoms with Gasteiger partial charge >= 0.3 is 5.97 Å². The van der Waals surface area contributed by atoms with Crippen LogP contribution in [0.4, 0.5) is 5.69 Å². The topological polar surface area (TPSA) is 89.8 Å². The van der Waals surface area contributed by atoms with Gasteiger partial charge in [-0.3, -0.25) is 0 Å². The van der Waals surface area contributed by atoms with Gasteiger partial charge in [0.15, 0.2) is 0 Å². The number of anilines is 1. The highest BCUT2D eigenvalue weighted by molar-refractivity contribution is 6.35. The van der Waals surface area contributed by atoms with E-state index in [-0.39, 0.29) is 27.9 Å². The number of rotatable bonds is 4. The van der Waals surface area contributed by atoms with Gasteiger partial charge in [0, 0.05) is 23.2 Å². The van der Waals surface area contributed by atoms with Crippen LogP contribution in [0.2, 0.25) is 15.1 Å². The molecule has 4 N–H and O–H groups in total. The lowest BCUT2D eigenvalue weighted by molar-refractivity contribution is 0.0694. The lowest BCUT2D eigenvalue weighted by atomic mass is 10.1. The molecule has 0 aliphatic rings. The van der Waals surface area contributed by atoms with Gasteiger partial charge in [0.25, 0.3) is 0 Å². The highest BCUT2D eigenvalue weighted by atomic mass is 35.5. The Kier molecular flexibility index (Phi) is 4.90. The number of carbonyl (C=O) groups is 1. The van der Waals surface area contributed by atoms with E-state index in [1.165, 1.54) is 18.2 Å². The largest absolute Gasteiger partial charge is 0.507 e. The molecule has 0 aromatic heterocycles. The van der Waals surface area contributed by atoms with E-state index in [1.54, 1.807) is 0 Å². The molecule has 0 spiro atoms. The summed E-state index contributed by atoms with van der Waals surface area (Å²) in [5.74, 6) is -1.83. The van der Waals surface area contributed by atoms with Gasteiger partial charge in [0.2, 0.25) is 0 Å². The molecule has 116 valence electrons. The maximum atomic E-state index is 10.9. The summed E-state index contributed by atoms with van der Waals surface area (Å²) in [5.41, 5.74) is 0.430. The lowest BCUT2D eigenvalue weighted by Gasteiger charge is -2.12. The molecule has 5 nitrogen and oxygen atoms in total. The van der Waals surface area contributed by atoms with Crippen molar-refractivity contribution in [2.24, 2.45) is 0 Å². The molecule has 0 atom stereocenters. The van der Waals surface area contributed by atoms with E-state index in [9.17, 15) is 15.0 Å². The van der Waals surface area contributed by atoms with E-state index in [0.717, 1.165) is 6.07 Å². The maximum Gasteiger partial charge on any atom is 0.339 e. The number of halogens is 3. The molecular formula is C14H10Cl3NO4. The van der Waals surface area contributed by atoms with Gasteiger partial charge in [-0.1, -0.05) is 34.8 Å². The predicted molar refractivity (Wildman–Crippen MR) is 85.5 cm³/mol. The van der Waals surface area contributed by atoms with Crippen LogP contribution in [-0.2, 0) is 6.54 Å². The van der Waals surface area contributed by atoms with E-state index in [2.05, 4.69) is 5.32 Å². The van der Waals surface area contributed by atoms with Crippen LogP contribution in [0, 0.1) is 0 Å². The van der Waals surface area contributed by atoms with Gasteiger partial charge in [-0.05, 0) is 18.2 Å². The summed E-state index contributed by atoms with van der Waals surface area (Å²) in [5, 5.41) is 31.8. The van der Waals surface area contributed by atoms with Crippen LogP contribution in [0.15, 0.2) is 24.3 Å². The number of aromatic carboxylic acids is 1. The molecule has 0 saturated heterocycles. The Morgan fingerprint density at radius 3 is 2.36 bits per heavy atom. The first-order chi connectivity index (χ1) is 10.3. The fraction of sp³-hybridized carbons (Fsp3) is 0.0714. The number of carboxylic acids is 1. The van der Waals surface area contributed by atoms with Crippen LogP contribution < -0.4 is 5.32 Å². The quantitative estimate of drug-likeness (QED) is 0.648. The first-order valence-electron chi connectivity index (χ1n) is 5.96. The number of nitrogens with one attached hydrogen (secondary N) is 1. The van der Waals surface area contributed by atoms with Crippen molar-refractivity contribution in [3.63, 3.8) is 0 Å². The Labute approximate surface area is 140 Å². The summed E-state index contributed by atoms with van der Waals surface area (Å²) in [6.07, 6.45) is 0. The molecule has 22 heavy (non-hydrogen) atoms. The summed E-state index contributed by atoms with van der Waals surface area (Å²) < 4.78 is 0. The van der Waals surface area contributed by atoms with Gasteiger partial charge in [0.1, 0.15) is 17.1 Å². The molecule has 2 rings (SSSR count). The van der Waals surface area contributed by atoms with Gasteiger partial charge in [-0.2, -0.15) is 0 Å². The fourth-order valence-corrected chi connectivity index (χ4v) is 2.58. The van der Waals surface area contributed by atoms with Crippen LogP contribution in [0.3, 0.4) is 0 Å². The first kappa shape index (κ1) is 16.5. The van der Waals surface area contributed by atoms with Crippen molar-refractivity contribution in [1.82, 2.24) is 0 Å². The second-order valence-corrected chi connectivity index (χ2v) is 5.65. The van der Waals surface area contributed by atoms with Crippen molar-refractivity contribution < 1.29 is 20.1 Å². The van der Waals surface area contributed by atoms with Gasteiger partial charge in [-0.25, -0.2) is 4.79 Å². The summed E-state index contributed by atoms with van der Waals surface area (Å²) in [7, 11) is 0. The van der Waals surface area contributed by atoms with Crippen molar-refractivity contribution in [2.45, 2.75) is 6.54 Å². The van der Waals surface area contributed by atoms with Crippen LogP contribution in [-0.4, -0.2) is 21.3 Å². The highest BCUT2D eigenvalue weighted by Crippen LogP contribution is 2.34. The van der Waals surface area contributed by atoms with E-state index >= 15 is 0 Å². The van der Waals surface area contributed by atoms with Gasteiger partial charge in [0.05, 0.1) is 15.7 Å². The average molecular weight is 363 g/mol. The third kappa shape index (κ3) is 3.50. The predicted octanol–water partition coefficient (Wildman–Crippen LogP) is 4.37. The maximum absolute atomic E-state index is 10.9. The van der Waals surface area contributed by atoms with Crippen LogP contribution in [0.1, 0.15) is 15.9 Å². The smallest absolute Gasteiger partial charge is 0.339 e. The summed E-state index contributed by atoms with van der Waals surface area (Å²) in [6, 6.07) is 5.25. The Hall–Kier alpha value is -1.82. The average Bonchev–Trinajstić information content (AvgIpc) is 2.43. The zero-order valence-corrected chi connectivity index (χ0v) is 13.2. The van der Waals surface area contributed by atoms with Crippen LogP contribution in [0.25, 0.3) is 0 Å². The van der Waals surface area contributed by atoms with Gasteiger partial charge in [-0.15, -0.1) is 0 Å². The van der Waals surface area contributed by atoms with Crippen molar-refractivity contribution >= 4 is 46.5 Å². The summed E-state index contributed by atoms with van der Waals surface area (Å²) in [4.78, 5) is 10.9. The summed E-state index contributed by atoms with van der Waals surface area (Å²) >= 11 is 17.6. The number of benzene rings is 2. The molecule has 0 aliphatic carbocycles. The SMILES string of the molecule is O=C(O)c1cc(Cl)c(NCc2cc(Cl)cc(Cl)c2O)cc1O. The van der Waals surface area contributed by atoms with Crippen LogP contribution >= 0.6 is 34.8 Å². The van der Waals surface area contributed by atoms with Crippen molar-refractivity contribution in [2.75, 3.05) is 5.32 Å². The number of hydrogen-bond donors (Lipinski definition) is 4. The molecule has 8 heteroatoms. The standard InChI is InChI=1S/C14H10Cl3NO4/c15-7-1-6(13(20)10(17)2-7)5-18-11-4-12(19)8(14(21)22)3-9(11)16/h1-4,18-20H,5H2,(H,21,22). The Morgan fingerprint density at radius 1 is 1.05 bits per heavy atom. The van der Waals surface area contributed by atoms with Gasteiger partial charge < -0.3 is 20.6 Å². The monoisotopic (exact) mass is 361 g/mol. The third-order valence-electron chi connectivity index (χ3n) is 2.89. The Morgan fingerprint density at radius 2 is 1.73 bits per heavy atom. The number of phenols is 2. The lowest BCUT2D eigenvalue weighted by Crippen LogP contribution is -2.03. The molecule has 0 aliphatic heterocycles. The Balaban J connectivity index is 2.26. The number of carboxylic acid groups (broad SMARTS) is 1. The molecule has 0 unspecified atom stereocenters. The molecule has 0 saturated carbocycles. The molecule has 0 fully saturated rings. The number of hydrogen-bond acceptors (Lipinski definition) is 4. The molecule has 0 heterocycles. The van der Waals surface area contributed by atoms with E-state index in [4.69, 9.17) is 39.9 Å². The summed E-state index contributed by atoms with van der Waals surface area (Å²) in [6.45, 7) is 0.123. The Bertz CT molecular complexity index is 749. The number of aromatic hydroxyl groups is 2. The fourth-order valence-electron chi connectivity index (χ4n) is 1.81. The highest BCUT2D eigenvalue weighted by Gasteiger charge is 2.14. The van der Waals surface area contributed by atoms with Crippen molar-refractivity contribution in [3.8, 4) is 11.5 Å². The zero-order chi connectivity index (χ0) is 16.4. The first-order valence-corrected chi connectivity index (χ1v) is 7.09. The van der Waals surface area contributed by atoms with Crippen molar-refractivity contribution in [1.29, 1.82) is 0 Å². The minimum absolute atomic E-state index is 0.111. The minimum atomic E-state index is -1.29. The minimum Gasteiger partial charge on any atom is -0.507 e. The van der Waals surface area contributed by atoms with Crippen molar-refractivity contribution in [3.05, 3.63) is 50.5 Å². The second kappa shape index (κ2) is 6.52. The third-order valence-corrected chi connectivity index (χ3v) is 3.71. The normalized spacial score (nSPS) is 10.5. The molecule has 2 aromatic carbocycles. The molecule has 2 aromatic rings. The van der Waals surface area contributed by atoms with E-state index < -0.39 is 11.7 Å². The van der Waals surface area contributed by atoms with E-state index in [0.29, 0.717) is 16.3 Å². The van der Waals surface area contributed by atoms with E-state index in [1.807, 2.05) is 0 Å².